The van der Waals surface area contributed by atoms with Gasteiger partial charge in [-0.2, -0.15) is 31.4 Å². The smallest absolute Gasteiger partial charge is 0.324 e. The van der Waals surface area contributed by atoms with Gasteiger partial charge in [0.2, 0.25) is 0 Å². The van der Waals surface area contributed by atoms with E-state index in [0.717, 1.165) is 21.6 Å². The Balaban J connectivity index is 2.30. The molecule has 0 spiro atoms. The lowest BCUT2D eigenvalue weighted by atomic mass is 10.3. The molecule has 0 aliphatic carbocycles. The molecule has 2 aromatic rings. The molecule has 4 nitrogen and oxygen atoms in total. The van der Waals surface area contributed by atoms with Crippen LogP contribution in [-0.2, 0) is 12.4 Å². The van der Waals surface area contributed by atoms with Crippen molar-refractivity contribution in [3.8, 4) is 0 Å². The Kier molecular flexibility index (Phi) is 5.96. The molecule has 0 aromatic carbocycles. The molecule has 12 heteroatoms. The third kappa shape index (κ3) is 4.51. The third-order valence-corrected chi connectivity index (χ3v) is 5.43. The van der Waals surface area contributed by atoms with E-state index in [1.54, 1.807) is 13.8 Å². The molecule has 2 rings (SSSR count). The summed E-state index contributed by atoms with van der Waals surface area (Å²) in [6, 6.07) is -0.183. The average Bonchev–Trinajstić information content (AvgIpc) is 3.08. The number of rotatable bonds is 5. The summed E-state index contributed by atoms with van der Waals surface area (Å²) >= 11 is 0. The lowest BCUT2D eigenvalue weighted by Gasteiger charge is -2.15. The van der Waals surface area contributed by atoms with Crippen LogP contribution in [0.4, 0.5) is 26.3 Å². The molecule has 0 N–H and O–H groups in total. The van der Waals surface area contributed by atoms with E-state index in [0.29, 0.717) is 21.6 Å². The molecule has 2 heterocycles. The van der Waals surface area contributed by atoms with Gasteiger partial charge < -0.3 is 4.57 Å². The second kappa shape index (κ2) is 7.37. The summed E-state index contributed by atoms with van der Waals surface area (Å²) in [6.07, 6.45) is -8.15. The van der Waals surface area contributed by atoms with Crippen LogP contribution in [0.2, 0.25) is 0 Å². The summed E-state index contributed by atoms with van der Waals surface area (Å²) in [5.41, 5.74) is -1.87. The van der Waals surface area contributed by atoms with E-state index in [2.05, 4.69) is 10.1 Å². The normalized spacial score (nSPS) is 13.2. The van der Waals surface area contributed by atoms with Crippen molar-refractivity contribution >= 4 is 21.6 Å². The van der Waals surface area contributed by atoms with Gasteiger partial charge >= 0.3 is 12.4 Å². The number of alkyl halides is 6. The summed E-state index contributed by atoms with van der Waals surface area (Å²) in [7, 11) is 1.34. The number of nitrogens with zero attached hydrogens (tertiary/aromatic N) is 4. The van der Waals surface area contributed by atoms with Gasteiger partial charge in [-0.1, -0.05) is 0 Å². The molecule has 146 valence electrons. The van der Waals surface area contributed by atoms with Crippen molar-refractivity contribution < 1.29 is 26.3 Å². The van der Waals surface area contributed by atoms with E-state index in [1.807, 2.05) is 0 Å². The van der Waals surface area contributed by atoms with Gasteiger partial charge in [0.25, 0.3) is 0 Å². The Labute approximate surface area is 153 Å². The van der Waals surface area contributed by atoms with Gasteiger partial charge in [0.15, 0.2) is 5.69 Å². The standard InChI is InChI=1S/C14H16F6N4S2/c1-7(2)23-6-21-12(11(23)14(18,19)20)26-25-10-5-9(13(15,16)17)24(22-10)8(3)4/h5-8H,1-4H3. The predicted octanol–water partition coefficient (Wildman–Crippen LogP) is 6.08. The van der Waals surface area contributed by atoms with E-state index in [4.69, 9.17) is 0 Å². The number of halogens is 6. The first-order chi connectivity index (χ1) is 11.8. The topological polar surface area (TPSA) is 35.6 Å². The van der Waals surface area contributed by atoms with Gasteiger partial charge in [-0.15, -0.1) is 0 Å². The van der Waals surface area contributed by atoms with Crippen LogP contribution in [0.1, 0.15) is 51.2 Å². The third-order valence-electron chi connectivity index (χ3n) is 3.28. The van der Waals surface area contributed by atoms with Crippen LogP contribution >= 0.6 is 21.6 Å². The minimum Gasteiger partial charge on any atom is -0.324 e. The molecule has 0 unspecified atom stereocenters. The van der Waals surface area contributed by atoms with Crippen molar-refractivity contribution in [2.75, 3.05) is 0 Å². The number of hydrogen-bond acceptors (Lipinski definition) is 4. The molecular weight excluding hydrogens is 402 g/mol. The highest BCUT2D eigenvalue weighted by molar-refractivity contribution is 8.76. The molecule has 0 fully saturated rings. The van der Waals surface area contributed by atoms with Gasteiger partial charge in [-0.25, -0.2) is 4.98 Å². The SMILES string of the molecule is CC(C)n1cnc(SSc2cc(C(F)(F)F)n(C(C)C)n2)c1C(F)(F)F. The van der Waals surface area contributed by atoms with Gasteiger partial charge in [-0.3, -0.25) is 4.68 Å². The Morgan fingerprint density at radius 1 is 0.923 bits per heavy atom. The molecule has 0 radical (unpaired) electrons. The summed E-state index contributed by atoms with van der Waals surface area (Å²) in [6.45, 7) is 6.24. The zero-order valence-corrected chi connectivity index (χ0v) is 15.8. The Morgan fingerprint density at radius 2 is 1.54 bits per heavy atom. The number of aromatic nitrogens is 4. The molecule has 0 aliphatic heterocycles. The summed E-state index contributed by atoms with van der Waals surface area (Å²) < 4.78 is 80.9. The average molecular weight is 418 g/mol. The lowest BCUT2D eigenvalue weighted by molar-refractivity contribution is -0.146. The molecule has 0 saturated heterocycles. The molecule has 0 atom stereocenters. The first-order valence-electron chi connectivity index (χ1n) is 7.47. The number of hydrogen-bond donors (Lipinski definition) is 0. The van der Waals surface area contributed by atoms with Gasteiger partial charge in [-0.05, 0) is 49.3 Å². The fourth-order valence-electron chi connectivity index (χ4n) is 2.16. The van der Waals surface area contributed by atoms with Crippen molar-refractivity contribution in [1.29, 1.82) is 0 Å². The highest BCUT2D eigenvalue weighted by Crippen LogP contribution is 2.44. The second-order valence-electron chi connectivity index (χ2n) is 5.97. The van der Waals surface area contributed by atoms with Crippen LogP contribution in [0, 0.1) is 0 Å². The van der Waals surface area contributed by atoms with Crippen molar-refractivity contribution in [1.82, 2.24) is 19.3 Å². The zero-order chi connectivity index (χ0) is 19.9. The van der Waals surface area contributed by atoms with Crippen LogP contribution in [0.25, 0.3) is 0 Å². The zero-order valence-electron chi connectivity index (χ0n) is 14.2. The van der Waals surface area contributed by atoms with Gasteiger partial charge in [0, 0.05) is 18.2 Å². The van der Waals surface area contributed by atoms with E-state index in [1.165, 1.54) is 13.8 Å². The molecule has 0 aliphatic rings. The van der Waals surface area contributed by atoms with Crippen LogP contribution in [0.15, 0.2) is 22.4 Å². The summed E-state index contributed by atoms with van der Waals surface area (Å²) in [5.74, 6) is 0. The second-order valence-corrected chi connectivity index (χ2v) is 8.11. The number of imidazole rings is 1. The Bertz CT molecular complexity index is 761. The van der Waals surface area contributed by atoms with Crippen LogP contribution < -0.4 is 0 Å². The monoisotopic (exact) mass is 418 g/mol. The van der Waals surface area contributed by atoms with Gasteiger partial charge in [0.05, 0.1) is 6.33 Å². The van der Waals surface area contributed by atoms with E-state index < -0.39 is 35.8 Å². The molecule has 26 heavy (non-hydrogen) atoms. The van der Waals surface area contributed by atoms with E-state index in [9.17, 15) is 26.3 Å². The van der Waals surface area contributed by atoms with Crippen molar-refractivity contribution in [2.45, 2.75) is 62.2 Å². The van der Waals surface area contributed by atoms with Crippen LogP contribution in [-0.4, -0.2) is 19.3 Å². The fraction of sp³-hybridized carbons (Fsp3) is 0.571. The molecule has 0 saturated carbocycles. The van der Waals surface area contributed by atoms with Crippen LogP contribution in [0.5, 0.6) is 0 Å². The molecule has 0 bridgehead atoms. The van der Waals surface area contributed by atoms with E-state index >= 15 is 0 Å². The summed E-state index contributed by atoms with van der Waals surface area (Å²) in [4.78, 5) is 3.76. The molecular formula is C14H16F6N4S2. The maximum atomic E-state index is 13.3. The van der Waals surface area contributed by atoms with Gasteiger partial charge in [0.1, 0.15) is 15.7 Å². The highest BCUT2D eigenvalue weighted by atomic mass is 33.1. The first kappa shape index (κ1) is 21.0. The molecule has 0 amide bonds. The fourth-order valence-corrected chi connectivity index (χ4v) is 4.10. The minimum absolute atomic E-state index is 0.0387. The largest absolute Gasteiger partial charge is 0.434 e. The minimum atomic E-state index is -4.63. The Hall–Kier alpha value is -1.30. The summed E-state index contributed by atoms with van der Waals surface area (Å²) in [5, 5.41) is 3.49. The van der Waals surface area contributed by atoms with Crippen molar-refractivity contribution in [3.05, 3.63) is 23.8 Å². The van der Waals surface area contributed by atoms with Crippen LogP contribution in [0.3, 0.4) is 0 Å². The Morgan fingerprint density at radius 3 is 1.96 bits per heavy atom. The van der Waals surface area contributed by atoms with Crippen molar-refractivity contribution in [2.24, 2.45) is 0 Å². The first-order valence-corrected chi connectivity index (χ1v) is 9.62. The lowest BCUT2D eigenvalue weighted by Crippen LogP contribution is -2.16. The predicted molar refractivity (Wildman–Crippen MR) is 86.9 cm³/mol. The molecule has 2 aromatic heterocycles. The van der Waals surface area contributed by atoms with E-state index in [-0.39, 0.29) is 10.1 Å². The van der Waals surface area contributed by atoms with Crippen molar-refractivity contribution in [3.63, 3.8) is 0 Å². The highest BCUT2D eigenvalue weighted by Gasteiger charge is 2.40. The maximum Gasteiger partial charge on any atom is 0.434 e. The quantitative estimate of drug-likeness (QED) is 0.436. The maximum absolute atomic E-state index is 13.3.